The minimum absolute atomic E-state index is 0. The molecule has 0 aliphatic rings. The maximum atomic E-state index is 11.3. The first-order chi connectivity index (χ1) is 6.54. The number of nitrogens with one attached hydrogen (secondary N) is 2. The molecule has 0 aromatic carbocycles. The largest absolute Gasteiger partial charge is 0.571 e. The van der Waals surface area contributed by atoms with E-state index >= 15 is 0 Å². The molecular formula is C9H19N3O3Y-2. The molecule has 0 saturated heterocycles. The van der Waals surface area contributed by atoms with Crippen molar-refractivity contribution in [1.29, 1.82) is 0 Å². The molecule has 1 radical (unpaired) electrons. The Morgan fingerprint density at radius 2 is 1.62 bits per heavy atom. The smallest absolute Gasteiger partial charge is 0.247 e. The second kappa shape index (κ2) is 11.4. The van der Waals surface area contributed by atoms with Gasteiger partial charge in [0.1, 0.15) is 0 Å². The van der Waals surface area contributed by atoms with Crippen LogP contribution in [-0.4, -0.2) is 26.0 Å². The van der Waals surface area contributed by atoms with Crippen LogP contribution in [0.2, 0.25) is 0 Å². The zero-order valence-corrected chi connectivity index (χ0v) is 13.2. The van der Waals surface area contributed by atoms with Gasteiger partial charge in [-0.05, 0) is 0 Å². The number of amides is 2. The molecule has 0 saturated carbocycles. The predicted octanol–water partition coefficient (Wildman–Crippen LogP) is 0.419. The molecule has 16 heavy (non-hydrogen) atoms. The van der Waals surface area contributed by atoms with E-state index in [1.54, 1.807) is 13.8 Å². The van der Waals surface area contributed by atoms with E-state index in [2.05, 4.69) is 21.2 Å². The minimum Gasteiger partial charge on any atom is -0.571 e. The Balaban J connectivity index is -0.000000845. The van der Waals surface area contributed by atoms with E-state index in [1.807, 2.05) is 0 Å². The Morgan fingerprint density at radius 1 is 1.19 bits per heavy atom. The summed E-state index contributed by atoms with van der Waals surface area (Å²) in [5.74, 6) is -1.52. The van der Waals surface area contributed by atoms with E-state index in [9.17, 15) is 9.59 Å². The number of hydroxylamine groups is 1. The number of nitrogens with zero attached hydrogens (tertiary/aromatic N) is 1. The fourth-order valence-corrected chi connectivity index (χ4v) is 0.860. The monoisotopic (exact) mass is 306 g/mol. The predicted molar refractivity (Wildman–Crippen MR) is 57.3 cm³/mol. The zero-order valence-electron chi connectivity index (χ0n) is 10.4. The summed E-state index contributed by atoms with van der Waals surface area (Å²) < 4.78 is 0. The molecule has 2 amide bonds. The molecule has 2 atom stereocenters. The van der Waals surface area contributed by atoms with Gasteiger partial charge in [0.05, 0.1) is 7.11 Å². The van der Waals surface area contributed by atoms with Crippen LogP contribution in [0.3, 0.4) is 0 Å². The van der Waals surface area contributed by atoms with Gasteiger partial charge in [0.25, 0.3) is 0 Å². The molecule has 2 N–H and O–H groups in total. The van der Waals surface area contributed by atoms with Gasteiger partial charge < -0.3 is 18.3 Å². The van der Waals surface area contributed by atoms with Crippen molar-refractivity contribution >= 4 is 11.8 Å². The van der Waals surface area contributed by atoms with Crippen molar-refractivity contribution in [3.63, 3.8) is 0 Å². The summed E-state index contributed by atoms with van der Waals surface area (Å²) in [6, 6.07) is 0. The maximum absolute atomic E-state index is 11.3. The molecule has 0 aromatic heterocycles. The molecule has 6 nitrogen and oxygen atoms in total. The van der Waals surface area contributed by atoms with Crippen LogP contribution in [0.4, 0.5) is 0 Å². The molecule has 1 unspecified atom stereocenters. The first kappa shape index (κ1) is 21.3. The van der Waals surface area contributed by atoms with Crippen molar-refractivity contribution in [3.05, 3.63) is 12.9 Å². The van der Waals surface area contributed by atoms with Crippen molar-refractivity contribution in [2.45, 2.75) is 13.8 Å². The number of carbonyl (C=O) groups is 2. The fourth-order valence-electron chi connectivity index (χ4n) is 0.860. The average molecular weight is 306 g/mol. The van der Waals surface area contributed by atoms with Crippen LogP contribution in [-0.2, 0) is 47.1 Å². The summed E-state index contributed by atoms with van der Waals surface area (Å²) in [6.07, 6.45) is 0. The van der Waals surface area contributed by atoms with Crippen molar-refractivity contribution < 1.29 is 47.1 Å². The molecule has 0 rings (SSSR count). The van der Waals surface area contributed by atoms with Crippen LogP contribution in [0.5, 0.6) is 0 Å². The molecule has 0 spiro atoms. The van der Waals surface area contributed by atoms with Gasteiger partial charge in [0.15, 0.2) is 0 Å². The second-order valence-electron chi connectivity index (χ2n) is 2.95. The minimum atomic E-state index is -0.461. The third kappa shape index (κ3) is 7.27. The van der Waals surface area contributed by atoms with E-state index < -0.39 is 11.8 Å². The summed E-state index contributed by atoms with van der Waals surface area (Å²) in [4.78, 5) is 27.0. The quantitative estimate of drug-likeness (QED) is 0.570. The molecule has 0 aliphatic carbocycles. The van der Waals surface area contributed by atoms with E-state index in [-0.39, 0.29) is 52.0 Å². The van der Waals surface area contributed by atoms with E-state index in [1.165, 1.54) is 14.2 Å². The maximum Gasteiger partial charge on any atom is 0.247 e. The van der Waals surface area contributed by atoms with Gasteiger partial charge in [0.2, 0.25) is 11.8 Å². The van der Waals surface area contributed by atoms with Crippen LogP contribution in [0.1, 0.15) is 13.8 Å². The van der Waals surface area contributed by atoms with Crippen molar-refractivity contribution in [2.75, 3.05) is 14.2 Å². The van der Waals surface area contributed by atoms with Gasteiger partial charge in [-0.2, -0.15) is 0 Å². The molecule has 0 aromatic rings. The fraction of sp³-hybridized carbons (Fsp3) is 0.667. The van der Waals surface area contributed by atoms with Gasteiger partial charge >= 0.3 is 0 Å². The van der Waals surface area contributed by atoms with E-state index in [4.69, 9.17) is 0 Å². The third-order valence-corrected chi connectivity index (χ3v) is 2.00. The van der Waals surface area contributed by atoms with E-state index in [0.29, 0.717) is 0 Å². The van der Waals surface area contributed by atoms with Crippen molar-refractivity contribution in [3.8, 4) is 0 Å². The van der Waals surface area contributed by atoms with Crippen LogP contribution in [0, 0.1) is 19.3 Å². The summed E-state index contributed by atoms with van der Waals surface area (Å²) >= 11 is 0. The molecular weight excluding hydrogens is 287 g/mol. The van der Waals surface area contributed by atoms with Crippen LogP contribution in [0.25, 0.3) is 5.43 Å². The Kier molecular flexibility index (Phi) is 15.2. The number of hydrogen-bond acceptors (Lipinski definition) is 3. The molecule has 93 valence electrons. The molecule has 0 aliphatic heterocycles. The number of hydrogen-bond donors (Lipinski definition) is 2. The van der Waals surface area contributed by atoms with Gasteiger partial charge in [-0.3, -0.25) is 14.4 Å². The first-order valence-corrected chi connectivity index (χ1v) is 4.26. The number of rotatable bonds is 5. The second-order valence-corrected chi connectivity index (χ2v) is 2.95. The normalized spacial score (nSPS) is 12.5. The van der Waals surface area contributed by atoms with Crippen LogP contribution >= 0.6 is 0 Å². The van der Waals surface area contributed by atoms with Crippen LogP contribution < -0.4 is 10.9 Å². The van der Waals surface area contributed by atoms with Crippen LogP contribution in [0.15, 0.2) is 0 Å². The average Bonchev–Trinajstić information content (AvgIpc) is 2.16. The number of carbonyl (C=O) groups excluding carboxylic acids is 2. The summed E-state index contributed by atoms with van der Waals surface area (Å²) in [7, 11) is 2.81. The summed E-state index contributed by atoms with van der Waals surface area (Å²) in [6.45, 7) is 3.30. The van der Waals surface area contributed by atoms with Crippen molar-refractivity contribution in [2.24, 2.45) is 11.8 Å². The molecule has 0 fully saturated rings. The third-order valence-electron chi connectivity index (χ3n) is 2.00. The summed E-state index contributed by atoms with van der Waals surface area (Å²) in [5.41, 5.74) is 7.94. The Bertz CT molecular complexity index is 192. The zero-order chi connectivity index (χ0) is 11.1. The Morgan fingerprint density at radius 3 is 2.00 bits per heavy atom. The van der Waals surface area contributed by atoms with Crippen molar-refractivity contribution in [1.82, 2.24) is 10.9 Å². The standard InChI is InChI=1S/C8H16N3O3.CH3.Y/c1-5(7(12)10-9-3)6(2)8(13)11-14-4;;/h5-6H,1-4H3,(H,10,12)(H,11,13);1H3;/q2*-1;/t5?,6-;;/m0../s1. The van der Waals surface area contributed by atoms with Gasteiger partial charge in [0, 0.05) is 44.5 Å². The Hall–Kier alpha value is -0.0361. The Labute approximate surface area is 122 Å². The molecule has 0 heterocycles. The van der Waals surface area contributed by atoms with E-state index in [0.717, 1.165) is 0 Å². The summed E-state index contributed by atoms with van der Waals surface area (Å²) in [5, 5.41) is 0. The molecule has 7 heteroatoms. The first-order valence-electron chi connectivity index (χ1n) is 4.26. The van der Waals surface area contributed by atoms with Gasteiger partial charge in [-0.15, -0.1) is 7.05 Å². The molecule has 0 bridgehead atoms. The SMILES string of the molecule is C[N-]NC(=O)C(C)[C@H](C)C(=O)NOC.[CH3-].[Y]. The topological polar surface area (TPSA) is 81.5 Å². The van der Waals surface area contributed by atoms with Gasteiger partial charge in [-0.1, -0.05) is 13.8 Å². The van der Waals surface area contributed by atoms with Gasteiger partial charge in [-0.25, -0.2) is 5.48 Å².